The lowest BCUT2D eigenvalue weighted by atomic mass is 10.0. The van der Waals surface area contributed by atoms with E-state index < -0.39 is 0 Å². The number of hydrogen-bond donors (Lipinski definition) is 0. The summed E-state index contributed by atoms with van der Waals surface area (Å²) in [5, 5.41) is 3.63. The number of fused-ring (bicyclic) bond motifs is 3. The molecule has 3 aromatic rings. The highest BCUT2D eigenvalue weighted by molar-refractivity contribution is 5.91. The van der Waals surface area contributed by atoms with E-state index in [9.17, 15) is 4.79 Å². The van der Waals surface area contributed by atoms with Gasteiger partial charge in [-0.3, -0.25) is 9.69 Å². The maximum Gasteiger partial charge on any atom is 0.292 e. The fourth-order valence-electron chi connectivity index (χ4n) is 4.19. The Hall–Kier alpha value is -2.92. The topological polar surface area (TPSA) is 49.6 Å². The summed E-state index contributed by atoms with van der Waals surface area (Å²) in [5.41, 5.74) is 5.38. The van der Waals surface area contributed by atoms with Gasteiger partial charge in [-0.05, 0) is 22.3 Å². The highest BCUT2D eigenvalue weighted by Gasteiger charge is 2.35. The fourth-order valence-corrected chi connectivity index (χ4v) is 4.19. The molecule has 2 aromatic carbocycles. The van der Waals surface area contributed by atoms with Crippen molar-refractivity contribution in [1.82, 2.24) is 15.0 Å². The first kappa shape index (κ1) is 15.3. The molecule has 0 spiro atoms. The Balaban J connectivity index is 1.39. The molecule has 0 unspecified atom stereocenters. The minimum Gasteiger partial charge on any atom is -0.351 e. The molecule has 0 saturated carbocycles. The highest BCUT2D eigenvalue weighted by atomic mass is 16.5. The van der Waals surface area contributed by atoms with Crippen LogP contribution < -0.4 is 0 Å². The van der Waals surface area contributed by atoms with Gasteiger partial charge in [-0.25, -0.2) is 0 Å². The first-order valence-corrected chi connectivity index (χ1v) is 8.95. The van der Waals surface area contributed by atoms with Gasteiger partial charge in [0.2, 0.25) is 5.76 Å². The van der Waals surface area contributed by atoms with Crippen LogP contribution in [0.4, 0.5) is 0 Å². The van der Waals surface area contributed by atoms with E-state index in [0.717, 1.165) is 13.1 Å². The van der Waals surface area contributed by atoms with Gasteiger partial charge in [-0.2, -0.15) is 0 Å². The second-order valence-corrected chi connectivity index (χ2v) is 6.78. The molecule has 130 valence electrons. The van der Waals surface area contributed by atoms with Crippen molar-refractivity contribution in [1.29, 1.82) is 0 Å². The van der Waals surface area contributed by atoms with Gasteiger partial charge in [0, 0.05) is 32.2 Å². The predicted octanol–water partition coefficient (Wildman–Crippen LogP) is 3.20. The van der Waals surface area contributed by atoms with E-state index in [1.807, 2.05) is 4.90 Å². The van der Waals surface area contributed by atoms with Gasteiger partial charge in [-0.15, -0.1) is 0 Å². The molecule has 1 amide bonds. The summed E-state index contributed by atoms with van der Waals surface area (Å²) in [4.78, 5) is 16.8. The van der Waals surface area contributed by atoms with E-state index in [-0.39, 0.29) is 11.9 Å². The van der Waals surface area contributed by atoms with Gasteiger partial charge >= 0.3 is 0 Å². The Kier molecular flexibility index (Phi) is 3.60. The third kappa shape index (κ3) is 2.35. The van der Waals surface area contributed by atoms with Crippen LogP contribution >= 0.6 is 0 Å². The summed E-state index contributed by atoms with van der Waals surface area (Å²) in [6.07, 6.45) is 1.51. The van der Waals surface area contributed by atoms with Crippen LogP contribution in [0.3, 0.4) is 0 Å². The molecule has 26 heavy (non-hydrogen) atoms. The van der Waals surface area contributed by atoms with Gasteiger partial charge in [-0.1, -0.05) is 53.7 Å². The van der Waals surface area contributed by atoms with E-state index in [4.69, 9.17) is 4.52 Å². The lowest BCUT2D eigenvalue weighted by Gasteiger charge is -2.38. The standard InChI is InChI=1S/C21H19N3O2/c25-21(19-9-10-22-26-19)24-13-11-23(12-14-24)20-17-7-3-1-5-15(17)16-6-2-4-8-18(16)20/h1-10,20H,11-14H2. The van der Waals surface area contributed by atoms with Crippen molar-refractivity contribution in [3.05, 3.63) is 77.7 Å². The summed E-state index contributed by atoms with van der Waals surface area (Å²) in [7, 11) is 0. The van der Waals surface area contributed by atoms with Crippen LogP contribution in [0.2, 0.25) is 0 Å². The molecule has 0 atom stereocenters. The normalized spacial score (nSPS) is 17.2. The maximum atomic E-state index is 12.5. The van der Waals surface area contributed by atoms with Crippen molar-refractivity contribution in [3.8, 4) is 11.1 Å². The zero-order chi connectivity index (χ0) is 17.5. The minimum atomic E-state index is -0.0747. The number of aromatic nitrogens is 1. The molecule has 5 rings (SSSR count). The number of amides is 1. The molecule has 5 heteroatoms. The first-order chi connectivity index (χ1) is 12.8. The van der Waals surface area contributed by atoms with Crippen molar-refractivity contribution in [2.45, 2.75) is 6.04 Å². The molecular weight excluding hydrogens is 326 g/mol. The Labute approximate surface area is 151 Å². The number of carbonyl (C=O) groups is 1. The number of piperazine rings is 1. The number of benzene rings is 2. The quantitative estimate of drug-likeness (QED) is 0.716. The van der Waals surface area contributed by atoms with E-state index in [0.29, 0.717) is 18.8 Å². The Morgan fingerprint density at radius 3 is 2.08 bits per heavy atom. The van der Waals surface area contributed by atoms with Crippen molar-refractivity contribution in [3.63, 3.8) is 0 Å². The van der Waals surface area contributed by atoms with Crippen LogP contribution in [0.15, 0.2) is 65.3 Å². The molecule has 2 aliphatic rings. The third-order valence-electron chi connectivity index (χ3n) is 5.42. The molecule has 1 aliphatic heterocycles. The van der Waals surface area contributed by atoms with Gasteiger partial charge in [0.1, 0.15) is 0 Å². The smallest absolute Gasteiger partial charge is 0.292 e. The van der Waals surface area contributed by atoms with E-state index >= 15 is 0 Å². The Morgan fingerprint density at radius 2 is 1.50 bits per heavy atom. The zero-order valence-electron chi connectivity index (χ0n) is 14.3. The van der Waals surface area contributed by atoms with Crippen molar-refractivity contribution < 1.29 is 9.32 Å². The van der Waals surface area contributed by atoms with Crippen LogP contribution in [-0.4, -0.2) is 47.0 Å². The number of hydrogen-bond acceptors (Lipinski definition) is 4. The summed E-state index contributed by atoms with van der Waals surface area (Å²) >= 11 is 0. The molecular formula is C21H19N3O2. The summed E-state index contributed by atoms with van der Waals surface area (Å²) in [5.74, 6) is 0.240. The van der Waals surface area contributed by atoms with Gasteiger partial charge in [0.25, 0.3) is 5.91 Å². The van der Waals surface area contributed by atoms with Crippen LogP contribution in [0, 0.1) is 0 Å². The fraction of sp³-hybridized carbons (Fsp3) is 0.238. The zero-order valence-corrected chi connectivity index (χ0v) is 14.3. The average molecular weight is 345 g/mol. The molecule has 2 heterocycles. The minimum absolute atomic E-state index is 0.0747. The molecule has 1 saturated heterocycles. The van der Waals surface area contributed by atoms with E-state index in [1.165, 1.54) is 28.5 Å². The SMILES string of the molecule is O=C(c1ccno1)N1CCN(C2c3ccccc3-c3ccccc32)CC1. The molecule has 5 nitrogen and oxygen atoms in total. The predicted molar refractivity (Wildman–Crippen MR) is 97.7 cm³/mol. The Bertz CT molecular complexity index is 898. The first-order valence-electron chi connectivity index (χ1n) is 8.95. The summed E-state index contributed by atoms with van der Waals surface area (Å²) < 4.78 is 5.01. The largest absolute Gasteiger partial charge is 0.351 e. The molecule has 1 aliphatic carbocycles. The van der Waals surface area contributed by atoms with Crippen molar-refractivity contribution in [2.75, 3.05) is 26.2 Å². The van der Waals surface area contributed by atoms with Gasteiger partial charge in [0.05, 0.1) is 12.2 Å². The van der Waals surface area contributed by atoms with Crippen LogP contribution in [0.5, 0.6) is 0 Å². The lowest BCUT2D eigenvalue weighted by molar-refractivity contribution is 0.0561. The number of nitrogens with zero attached hydrogens (tertiary/aromatic N) is 3. The second kappa shape index (κ2) is 6.11. The second-order valence-electron chi connectivity index (χ2n) is 6.78. The molecule has 0 bridgehead atoms. The monoisotopic (exact) mass is 345 g/mol. The van der Waals surface area contributed by atoms with Crippen molar-refractivity contribution >= 4 is 5.91 Å². The lowest BCUT2D eigenvalue weighted by Crippen LogP contribution is -2.49. The molecule has 0 radical (unpaired) electrons. The summed E-state index contributed by atoms with van der Waals surface area (Å²) in [6, 6.07) is 19.2. The van der Waals surface area contributed by atoms with Crippen LogP contribution in [0.25, 0.3) is 11.1 Å². The van der Waals surface area contributed by atoms with E-state index in [2.05, 4.69) is 58.6 Å². The van der Waals surface area contributed by atoms with Crippen molar-refractivity contribution in [2.24, 2.45) is 0 Å². The van der Waals surface area contributed by atoms with E-state index in [1.54, 1.807) is 6.07 Å². The third-order valence-corrected chi connectivity index (χ3v) is 5.42. The van der Waals surface area contributed by atoms with Gasteiger partial charge in [0.15, 0.2) is 0 Å². The number of rotatable bonds is 2. The molecule has 1 fully saturated rings. The molecule has 1 aromatic heterocycles. The summed E-state index contributed by atoms with van der Waals surface area (Å²) in [6.45, 7) is 3.07. The van der Waals surface area contributed by atoms with Crippen LogP contribution in [-0.2, 0) is 0 Å². The Morgan fingerprint density at radius 1 is 0.885 bits per heavy atom. The molecule has 0 N–H and O–H groups in total. The highest BCUT2D eigenvalue weighted by Crippen LogP contribution is 2.46. The van der Waals surface area contributed by atoms with Gasteiger partial charge < -0.3 is 9.42 Å². The van der Waals surface area contributed by atoms with Crippen LogP contribution in [0.1, 0.15) is 27.7 Å². The average Bonchev–Trinajstić information content (AvgIpc) is 3.34. The number of carbonyl (C=O) groups excluding carboxylic acids is 1. The maximum absolute atomic E-state index is 12.5.